The van der Waals surface area contributed by atoms with Crippen molar-refractivity contribution >= 4 is 34.1 Å². The highest BCUT2D eigenvalue weighted by atomic mass is 32.1. The van der Waals surface area contributed by atoms with E-state index in [1.54, 1.807) is 0 Å². The number of fused-ring (bicyclic) bond motifs is 1. The third-order valence-electron chi connectivity index (χ3n) is 5.01. The molecule has 1 aliphatic rings. The summed E-state index contributed by atoms with van der Waals surface area (Å²) in [5.41, 5.74) is 3.19. The highest BCUT2D eigenvalue weighted by molar-refractivity contribution is 7.12. The molecule has 0 aliphatic carbocycles. The minimum absolute atomic E-state index is 0.0690. The van der Waals surface area contributed by atoms with Gasteiger partial charge in [-0.2, -0.15) is 0 Å². The number of H-pyrrole nitrogens is 1. The molecule has 0 spiro atoms. The van der Waals surface area contributed by atoms with E-state index in [0.29, 0.717) is 32.6 Å². The molecule has 0 saturated carbocycles. The van der Waals surface area contributed by atoms with Gasteiger partial charge in [0.15, 0.2) is 0 Å². The number of aromatic nitrogens is 1. The van der Waals surface area contributed by atoms with Gasteiger partial charge in [-0.15, -0.1) is 11.3 Å². The van der Waals surface area contributed by atoms with Gasteiger partial charge >= 0.3 is 0 Å². The topological polar surface area (TPSA) is 56.4 Å². The molecule has 4 rings (SSSR count). The van der Waals surface area contributed by atoms with E-state index in [9.17, 15) is 9.59 Å². The predicted molar refractivity (Wildman–Crippen MR) is 104 cm³/mol. The number of hydrogen-bond donors (Lipinski definition) is 1. The van der Waals surface area contributed by atoms with E-state index in [-0.39, 0.29) is 11.8 Å². The maximum absolute atomic E-state index is 12.8. The fourth-order valence-corrected chi connectivity index (χ4v) is 4.23. The van der Waals surface area contributed by atoms with Crippen LogP contribution in [0.3, 0.4) is 0 Å². The molecule has 0 radical (unpaired) electrons. The molecule has 1 aromatic carbocycles. The Hall–Kier alpha value is -2.60. The number of aryl methyl sites for hydroxylation is 1. The van der Waals surface area contributed by atoms with Crippen molar-refractivity contribution in [3.8, 4) is 0 Å². The van der Waals surface area contributed by atoms with Gasteiger partial charge in [-0.1, -0.05) is 24.3 Å². The molecule has 1 N–H and O–H groups in total. The van der Waals surface area contributed by atoms with E-state index in [1.165, 1.54) is 11.3 Å². The largest absolute Gasteiger partial charge is 0.358 e. The Labute approximate surface area is 156 Å². The first-order chi connectivity index (χ1) is 12.6. The number of nitrogens with zero attached hydrogens (tertiary/aromatic N) is 2. The summed E-state index contributed by atoms with van der Waals surface area (Å²) in [6.07, 6.45) is 0.398. The average Bonchev–Trinajstić information content (AvgIpc) is 3.30. The third kappa shape index (κ3) is 3.12. The van der Waals surface area contributed by atoms with Crippen molar-refractivity contribution in [2.24, 2.45) is 0 Å². The number of nitrogens with one attached hydrogen (secondary N) is 1. The van der Waals surface area contributed by atoms with Gasteiger partial charge in [-0.05, 0) is 30.0 Å². The zero-order valence-corrected chi connectivity index (χ0v) is 15.5. The van der Waals surface area contributed by atoms with Crippen molar-refractivity contribution in [1.82, 2.24) is 14.8 Å². The monoisotopic (exact) mass is 367 g/mol. The molecule has 0 unspecified atom stereocenters. The lowest BCUT2D eigenvalue weighted by Crippen LogP contribution is -2.50. The van der Waals surface area contributed by atoms with Gasteiger partial charge in [0.1, 0.15) is 0 Å². The van der Waals surface area contributed by atoms with Crippen LogP contribution in [-0.2, 0) is 11.2 Å². The summed E-state index contributed by atoms with van der Waals surface area (Å²) < 4.78 is 0. The zero-order valence-electron chi connectivity index (χ0n) is 14.7. The Morgan fingerprint density at radius 1 is 1.04 bits per heavy atom. The van der Waals surface area contributed by atoms with E-state index in [1.807, 2.05) is 52.4 Å². The van der Waals surface area contributed by atoms with Crippen molar-refractivity contribution < 1.29 is 9.59 Å². The molecule has 1 saturated heterocycles. The van der Waals surface area contributed by atoms with Crippen LogP contribution in [0.25, 0.3) is 10.9 Å². The van der Waals surface area contributed by atoms with Crippen LogP contribution >= 0.6 is 11.3 Å². The number of benzene rings is 1. The second-order valence-electron chi connectivity index (χ2n) is 6.60. The van der Waals surface area contributed by atoms with Crippen molar-refractivity contribution in [3.63, 3.8) is 0 Å². The number of carbonyl (C=O) groups excluding carboxylic acids is 2. The van der Waals surface area contributed by atoms with Crippen LogP contribution in [-0.4, -0.2) is 52.8 Å². The Bertz CT molecular complexity index is 937. The number of para-hydroxylation sites is 1. The molecule has 1 fully saturated rings. The van der Waals surface area contributed by atoms with Crippen LogP contribution in [0, 0.1) is 6.92 Å². The summed E-state index contributed by atoms with van der Waals surface area (Å²) in [5.74, 6) is 0.195. The maximum Gasteiger partial charge on any atom is 0.264 e. The summed E-state index contributed by atoms with van der Waals surface area (Å²) in [7, 11) is 0. The van der Waals surface area contributed by atoms with E-state index in [2.05, 4.69) is 11.1 Å². The molecule has 26 heavy (non-hydrogen) atoms. The van der Waals surface area contributed by atoms with Gasteiger partial charge in [0.25, 0.3) is 5.91 Å². The minimum atomic E-state index is 0.0690. The van der Waals surface area contributed by atoms with Gasteiger partial charge in [0, 0.05) is 42.8 Å². The van der Waals surface area contributed by atoms with Crippen molar-refractivity contribution in [1.29, 1.82) is 0 Å². The van der Waals surface area contributed by atoms with Crippen LogP contribution in [0.15, 0.2) is 41.8 Å². The van der Waals surface area contributed by atoms with Gasteiger partial charge in [-0.3, -0.25) is 9.59 Å². The van der Waals surface area contributed by atoms with Crippen LogP contribution in [0.5, 0.6) is 0 Å². The molecule has 2 amide bonds. The SMILES string of the molecule is Cc1[nH]c2ccccc2c1CC(=O)N1CCN(C(=O)c2cccs2)CC1. The molecule has 3 heterocycles. The molecule has 6 heteroatoms. The Morgan fingerprint density at radius 3 is 2.50 bits per heavy atom. The second-order valence-corrected chi connectivity index (χ2v) is 7.55. The van der Waals surface area contributed by atoms with Crippen molar-refractivity contribution in [2.45, 2.75) is 13.3 Å². The Kier molecular flexibility index (Phi) is 4.51. The number of aromatic amines is 1. The Morgan fingerprint density at radius 2 is 1.77 bits per heavy atom. The zero-order chi connectivity index (χ0) is 18.1. The molecule has 5 nitrogen and oxygen atoms in total. The maximum atomic E-state index is 12.8. The van der Waals surface area contributed by atoms with Crippen LogP contribution < -0.4 is 0 Å². The van der Waals surface area contributed by atoms with Crippen LogP contribution in [0.4, 0.5) is 0 Å². The van der Waals surface area contributed by atoms with E-state index < -0.39 is 0 Å². The first-order valence-electron chi connectivity index (χ1n) is 8.80. The lowest BCUT2D eigenvalue weighted by molar-refractivity contribution is -0.131. The number of hydrogen-bond acceptors (Lipinski definition) is 3. The van der Waals surface area contributed by atoms with Crippen molar-refractivity contribution in [3.05, 3.63) is 57.9 Å². The highest BCUT2D eigenvalue weighted by Gasteiger charge is 2.26. The molecular weight excluding hydrogens is 346 g/mol. The number of thiophene rings is 1. The lowest BCUT2D eigenvalue weighted by Gasteiger charge is -2.34. The number of amides is 2. The molecular formula is C20H21N3O2S. The fourth-order valence-electron chi connectivity index (χ4n) is 3.54. The second kappa shape index (κ2) is 6.96. The quantitative estimate of drug-likeness (QED) is 0.773. The molecule has 3 aromatic rings. The number of carbonyl (C=O) groups is 2. The number of piperazine rings is 1. The summed E-state index contributed by atoms with van der Waals surface area (Å²) in [6, 6.07) is 11.8. The predicted octanol–water partition coefficient (Wildman–Crippen LogP) is 3.06. The van der Waals surface area contributed by atoms with Gasteiger partial charge in [0.2, 0.25) is 5.91 Å². The van der Waals surface area contributed by atoms with E-state index in [0.717, 1.165) is 27.0 Å². The fraction of sp³-hybridized carbons (Fsp3) is 0.300. The summed E-state index contributed by atoms with van der Waals surface area (Å²) >= 11 is 1.46. The third-order valence-corrected chi connectivity index (χ3v) is 5.86. The van der Waals surface area contributed by atoms with Gasteiger partial charge < -0.3 is 14.8 Å². The minimum Gasteiger partial charge on any atom is -0.358 e. The standard InChI is InChI=1S/C20H21N3O2S/c1-14-16(15-5-2-3-6-17(15)21-14)13-19(24)22-8-10-23(11-9-22)20(25)18-7-4-12-26-18/h2-7,12,21H,8-11,13H2,1H3. The molecule has 0 atom stereocenters. The van der Waals surface area contributed by atoms with Crippen molar-refractivity contribution in [2.75, 3.05) is 26.2 Å². The van der Waals surface area contributed by atoms with Gasteiger partial charge in [-0.25, -0.2) is 0 Å². The summed E-state index contributed by atoms with van der Waals surface area (Å²) in [6.45, 7) is 4.39. The van der Waals surface area contributed by atoms with E-state index >= 15 is 0 Å². The smallest absolute Gasteiger partial charge is 0.264 e. The van der Waals surface area contributed by atoms with E-state index in [4.69, 9.17) is 0 Å². The average molecular weight is 367 g/mol. The van der Waals surface area contributed by atoms with Crippen LogP contribution in [0.2, 0.25) is 0 Å². The Balaban J connectivity index is 1.41. The molecule has 134 valence electrons. The summed E-state index contributed by atoms with van der Waals surface area (Å²) in [5, 5.41) is 3.03. The number of rotatable bonds is 3. The highest BCUT2D eigenvalue weighted by Crippen LogP contribution is 2.23. The molecule has 1 aliphatic heterocycles. The normalized spacial score (nSPS) is 14.8. The molecule has 0 bridgehead atoms. The first-order valence-corrected chi connectivity index (χ1v) is 9.68. The molecule has 2 aromatic heterocycles. The summed E-state index contributed by atoms with van der Waals surface area (Å²) in [4.78, 5) is 33.0. The van der Waals surface area contributed by atoms with Crippen LogP contribution in [0.1, 0.15) is 20.9 Å². The first kappa shape index (κ1) is 16.8. The van der Waals surface area contributed by atoms with Gasteiger partial charge in [0.05, 0.1) is 11.3 Å². The lowest BCUT2D eigenvalue weighted by atomic mass is 10.1.